The van der Waals surface area contributed by atoms with Gasteiger partial charge in [0.15, 0.2) is 0 Å². The Labute approximate surface area is 97.1 Å². The maximum absolute atomic E-state index is 5.50. The Kier molecular flexibility index (Phi) is 5.56. The van der Waals surface area contributed by atoms with E-state index in [1.807, 2.05) is 0 Å². The summed E-state index contributed by atoms with van der Waals surface area (Å²) in [5.41, 5.74) is 6.09. The molecule has 1 aromatic rings. The van der Waals surface area contributed by atoms with Crippen LogP contribution in [0.1, 0.15) is 20.3 Å². The third kappa shape index (κ3) is 4.44. The van der Waals surface area contributed by atoms with Crippen LogP contribution in [0.25, 0.3) is 0 Å². The summed E-state index contributed by atoms with van der Waals surface area (Å²) in [5.74, 6) is 0.647. The number of hydrogen-bond donors (Lipinski definition) is 2. The monoisotopic (exact) mass is 223 g/mol. The fourth-order valence-corrected chi connectivity index (χ4v) is 1.47. The van der Waals surface area contributed by atoms with E-state index in [0.29, 0.717) is 11.6 Å². The zero-order valence-corrected chi connectivity index (χ0v) is 10.1. The predicted molar refractivity (Wildman–Crippen MR) is 67.3 cm³/mol. The first-order valence-corrected chi connectivity index (χ1v) is 5.80. The van der Waals surface area contributed by atoms with Gasteiger partial charge >= 0.3 is 0 Å². The highest BCUT2D eigenvalue weighted by Gasteiger charge is 1.98. The molecule has 0 saturated heterocycles. The van der Waals surface area contributed by atoms with Gasteiger partial charge in [-0.1, -0.05) is 13.8 Å². The Hall–Kier alpha value is -1.36. The summed E-state index contributed by atoms with van der Waals surface area (Å²) < 4.78 is 0. The molecule has 1 heterocycles. The van der Waals surface area contributed by atoms with Crippen molar-refractivity contribution >= 4 is 11.6 Å². The van der Waals surface area contributed by atoms with Crippen LogP contribution >= 0.6 is 0 Å². The van der Waals surface area contributed by atoms with Gasteiger partial charge in [-0.15, -0.1) is 0 Å². The number of nitrogen functional groups attached to an aromatic ring is 1. The van der Waals surface area contributed by atoms with Crippen molar-refractivity contribution in [1.82, 2.24) is 14.9 Å². The second-order valence-electron chi connectivity index (χ2n) is 3.65. The standard InChI is InChI=1S/C11H21N5/c1-3-16(4-2)7-5-6-13-11-14-8-10(12)9-15-11/h8-9H,3-7,12H2,1-2H3,(H,13,14,15). The molecule has 90 valence electrons. The van der Waals surface area contributed by atoms with E-state index < -0.39 is 0 Å². The summed E-state index contributed by atoms with van der Waals surface area (Å²) in [6.45, 7) is 8.57. The quantitative estimate of drug-likeness (QED) is 0.680. The first-order chi connectivity index (χ1) is 7.76. The minimum atomic E-state index is 0.591. The molecule has 3 N–H and O–H groups in total. The van der Waals surface area contributed by atoms with Crippen molar-refractivity contribution in [3.05, 3.63) is 12.4 Å². The second kappa shape index (κ2) is 7.00. The first kappa shape index (κ1) is 12.7. The minimum Gasteiger partial charge on any atom is -0.396 e. The average molecular weight is 223 g/mol. The largest absolute Gasteiger partial charge is 0.396 e. The van der Waals surface area contributed by atoms with E-state index in [2.05, 4.69) is 34.0 Å². The van der Waals surface area contributed by atoms with E-state index in [9.17, 15) is 0 Å². The second-order valence-corrected chi connectivity index (χ2v) is 3.65. The van der Waals surface area contributed by atoms with E-state index in [1.165, 1.54) is 0 Å². The predicted octanol–water partition coefficient (Wildman–Crippen LogP) is 1.20. The Morgan fingerprint density at radius 1 is 1.25 bits per heavy atom. The molecule has 1 rings (SSSR count). The number of rotatable bonds is 7. The molecule has 0 unspecified atom stereocenters. The molecule has 0 aliphatic heterocycles. The fourth-order valence-electron chi connectivity index (χ4n) is 1.47. The Morgan fingerprint density at radius 2 is 1.88 bits per heavy atom. The Bertz CT molecular complexity index is 281. The van der Waals surface area contributed by atoms with Gasteiger partial charge in [0.05, 0.1) is 18.1 Å². The van der Waals surface area contributed by atoms with E-state index in [0.717, 1.165) is 32.6 Å². The number of nitrogens with zero attached hydrogens (tertiary/aromatic N) is 3. The van der Waals surface area contributed by atoms with Crippen LogP contribution in [0.3, 0.4) is 0 Å². The lowest BCUT2D eigenvalue weighted by atomic mass is 10.3. The van der Waals surface area contributed by atoms with E-state index in [-0.39, 0.29) is 0 Å². The molecule has 0 saturated carbocycles. The molecule has 16 heavy (non-hydrogen) atoms. The Balaban J connectivity index is 2.18. The van der Waals surface area contributed by atoms with Gasteiger partial charge in [-0.3, -0.25) is 0 Å². The van der Waals surface area contributed by atoms with Crippen molar-refractivity contribution in [1.29, 1.82) is 0 Å². The summed E-state index contributed by atoms with van der Waals surface area (Å²) in [7, 11) is 0. The van der Waals surface area contributed by atoms with Crippen LogP contribution < -0.4 is 11.1 Å². The molecule has 0 spiro atoms. The van der Waals surface area contributed by atoms with Gasteiger partial charge in [-0.05, 0) is 26.1 Å². The van der Waals surface area contributed by atoms with E-state index in [1.54, 1.807) is 12.4 Å². The molecular formula is C11H21N5. The maximum Gasteiger partial charge on any atom is 0.222 e. The van der Waals surface area contributed by atoms with Crippen molar-refractivity contribution < 1.29 is 0 Å². The topological polar surface area (TPSA) is 67.1 Å². The van der Waals surface area contributed by atoms with Crippen LogP contribution in [0.4, 0.5) is 11.6 Å². The molecule has 5 nitrogen and oxygen atoms in total. The lowest BCUT2D eigenvalue weighted by Gasteiger charge is -2.17. The van der Waals surface area contributed by atoms with Crippen LogP contribution in [0.5, 0.6) is 0 Å². The molecule has 0 fully saturated rings. The van der Waals surface area contributed by atoms with E-state index >= 15 is 0 Å². The molecule has 0 atom stereocenters. The molecule has 0 amide bonds. The Morgan fingerprint density at radius 3 is 2.44 bits per heavy atom. The van der Waals surface area contributed by atoms with Crippen LogP contribution in [0.2, 0.25) is 0 Å². The molecular weight excluding hydrogens is 202 g/mol. The normalized spacial score (nSPS) is 10.7. The summed E-state index contributed by atoms with van der Waals surface area (Å²) in [6, 6.07) is 0. The number of aromatic nitrogens is 2. The maximum atomic E-state index is 5.50. The van der Waals surface area contributed by atoms with Gasteiger partial charge in [0.2, 0.25) is 5.95 Å². The smallest absolute Gasteiger partial charge is 0.222 e. The zero-order chi connectivity index (χ0) is 11.8. The van der Waals surface area contributed by atoms with Crippen molar-refractivity contribution in [3.8, 4) is 0 Å². The number of nitrogens with two attached hydrogens (primary N) is 1. The highest BCUT2D eigenvalue weighted by atomic mass is 15.1. The van der Waals surface area contributed by atoms with Crippen molar-refractivity contribution in [3.63, 3.8) is 0 Å². The van der Waals surface area contributed by atoms with Gasteiger partial charge < -0.3 is 16.0 Å². The third-order valence-corrected chi connectivity index (χ3v) is 2.50. The van der Waals surface area contributed by atoms with Gasteiger partial charge in [0, 0.05) is 6.54 Å². The first-order valence-electron chi connectivity index (χ1n) is 5.80. The van der Waals surface area contributed by atoms with Crippen LogP contribution in [-0.4, -0.2) is 41.0 Å². The minimum absolute atomic E-state index is 0.591. The van der Waals surface area contributed by atoms with Crippen molar-refractivity contribution in [2.75, 3.05) is 37.2 Å². The van der Waals surface area contributed by atoms with Crippen LogP contribution in [0, 0.1) is 0 Å². The molecule has 0 aliphatic carbocycles. The van der Waals surface area contributed by atoms with Gasteiger partial charge in [-0.25, -0.2) is 9.97 Å². The van der Waals surface area contributed by atoms with Gasteiger partial charge in [-0.2, -0.15) is 0 Å². The lowest BCUT2D eigenvalue weighted by molar-refractivity contribution is 0.303. The van der Waals surface area contributed by atoms with Crippen molar-refractivity contribution in [2.24, 2.45) is 0 Å². The summed E-state index contributed by atoms with van der Waals surface area (Å²) >= 11 is 0. The summed E-state index contributed by atoms with van der Waals surface area (Å²) in [5, 5.41) is 3.17. The lowest BCUT2D eigenvalue weighted by Crippen LogP contribution is -2.25. The number of hydrogen-bond acceptors (Lipinski definition) is 5. The molecule has 0 aromatic carbocycles. The average Bonchev–Trinajstić information content (AvgIpc) is 2.32. The fraction of sp³-hybridized carbons (Fsp3) is 0.636. The molecule has 1 aromatic heterocycles. The molecule has 0 bridgehead atoms. The van der Waals surface area contributed by atoms with Crippen molar-refractivity contribution in [2.45, 2.75) is 20.3 Å². The molecule has 0 aliphatic rings. The summed E-state index contributed by atoms with van der Waals surface area (Å²) in [6.07, 6.45) is 4.31. The third-order valence-electron chi connectivity index (χ3n) is 2.50. The SMILES string of the molecule is CCN(CC)CCCNc1ncc(N)cn1. The number of anilines is 2. The molecule has 0 radical (unpaired) electrons. The number of nitrogens with one attached hydrogen (secondary N) is 1. The van der Waals surface area contributed by atoms with Crippen LogP contribution in [0.15, 0.2) is 12.4 Å². The highest BCUT2D eigenvalue weighted by Crippen LogP contribution is 2.00. The summed E-state index contributed by atoms with van der Waals surface area (Å²) in [4.78, 5) is 10.5. The van der Waals surface area contributed by atoms with Gasteiger partial charge in [0.25, 0.3) is 0 Å². The van der Waals surface area contributed by atoms with E-state index in [4.69, 9.17) is 5.73 Å². The van der Waals surface area contributed by atoms with Crippen LogP contribution in [-0.2, 0) is 0 Å². The van der Waals surface area contributed by atoms with Gasteiger partial charge in [0.1, 0.15) is 0 Å². The highest BCUT2D eigenvalue weighted by molar-refractivity contribution is 5.35. The zero-order valence-electron chi connectivity index (χ0n) is 10.1. The molecule has 5 heteroatoms.